The Bertz CT molecular complexity index is 350. The Labute approximate surface area is 90.9 Å². The molecule has 0 aliphatic rings. The predicted octanol–water partition coefficient (Wildman–Crippen LogP) is 1.47. The first kappa shape index (κ1) is 11.7. The van der Waals surface area contributed by atoms with Gasteiger partial charge in [0.2, 0.25) is 0 Å². The molecule has 1 aromatic rings. The molecule has 0 aliphatic heterocycles. The molecule has 1 heterocycles. The van der Waals surface area contributed by atoms with Gasteiger partial charge >= 0.3 is 0 Å². The van der Waals surface area contributed by atoms with Crippen LogP contribution in [0.1, 0.15) is 26.0 Å². The summed E-state index contributed by atoms with van der Waals surface area (Å²) in [5, 5.41) is 16.6. The van der Waals surface area contributed by atoms with E-state index < -0.39 is 5.54 Å². The number of nitrogens with zero attached hydrogens (tertiary/aromatic N) is 3. The highest BCUT2D eigenvalue weighted by molar-refractivity contribution is 5.05. The third-order valence-electron chi connectivity index (χ3n) is 2.26. The van der Waals surface area contributed by atoms with Crippen molar-refractivity contribution < 1.29 is 0 Å². The Balaban J connectivity index is 2.64. The van der Waals surface area contributed by atoms with Crippen LogP contribution >= 0.6 is 0 Å². The van der Waals surface area contributed by atoms with Crippen molar-refractivity contribution in [3.05, 3.63) is 18.0 Å². The second-order valence-corrected chi connectivity index (χ2v) is 4.03. The van der Waals surface area contributed by atoms with Crippen molar-refractivity contribution >= 4 is 0 Å². The summed E-state index contributed by atoms with van der Waals surface area (Å²) < 4.78 is 1.81. The van der Waals surface area contributed by atoms with E-state index >= 15 is 0 Å². The van der Waals surface area contributed by atoms with Gasteiger partial charge in [0.05, 0.1) is 18.3 Å². The number of nitrogens with one attached hydrogen (secondary N) is 1. The number of aromatic nitrogens is 2. The van der Waals surface area contributed by atoms with Crippen LogP contribution in [0.25, 0.3) is 0 Å². The van der Waals surface area contributed by atoms with Gasteiger partial charge in [0.25, 0.3) is 0 Å². The SMILES string of the molecule is CCCNC(C)(C#N)Cn1ccc(C)n1. The van der Waals surface area contributed by atoms with E-state index in [-0.39, 0.29) is 0 Å². The smallest absolute Gasteiger partial charge is 0.123 e. The molecule has 0 saturated carbocycles. The monoisotopic (exact) mass is 206 g/mol. The molecule has 0 aromatic carbocycles. The van der Waals surface area contributed by atoms with E-state index in [0.29, 0.717) is 6.54 Å². The molecule has 15 heavy (non-hydrogen) atoms. The zero-order valence-electron chi connectivity index (χ0n) is 9.62. The van der Waals surface area contributed by atoms with Gasteiger partial charge in [-0.1, -0.05) is 6.92 Å². The third-order valence-corrected chi connectivity index (χ3v) is 2.26. The van der Waals surface area contributed by atoms with E-state index in [9.17, 15) is 0 Å². The maximum absolute atomic E-state index is 9.13. The molecular formula is C11H18N4. The second kappa shape index (κ2) is 4.94. The lowest BCUT2D eigenvalue weighted by molar-refractivity contribution is 0.370. The fourth-order valence-corrected chi connectivity index (χ4v) is 1.41. The minimum absolute atomic E-state index is 0.533. The summed E-state index contributed by atoms with van der Waals surface area (Å²) >= 11 is 0. The van der Waals surface area contributed by atoms with Crippen LogP contribution in [0.5, 0.6) is 0 Å². The van der Waals surface area contributed by atoms with Gasteiger partial charge in [-0.2, -0.15) is 10.4 Å². The van der Waals surface area contributed by atoms with Gasteiger partial charge in [-0.05, 0) is 32.9 Å². The van der Waals surface area contributed by atoms with Gasteiger partial charge in [-0.15, -0.1) is 0 Å². The van der Waals surface area contributed by atoms with Gasteiger partial charge < -0.3 is 0 Å². The summed E-state index contributed by atoms with van der Waals surface area (Å²) in [5.74, 6) is 0. The topological polar surface area (TPSA) is 53.6 Å². The summed E-state index contributed by atoms with van der Waals surface area (Å²) in [6.07, 6.45) is 2.92. The number of hydrogen-bond acceptors (Lipinski definition) is 3. The zero-order chi connectivity index (χ0) is 11.3. The maximum atomic E-state index is 9.13. The molecule has 0 bridgehead atoms. The van der Waals surface area contributed by atoms with Crippen molar-refractivity contribution in [3.63, 3.8) is 0 Å². The van der Waals surface area contributed by atoms with Gasteiger partial charge in [-0.3, -0.25) is 10.00 Å². The fourth-order valence-electron chi connectivity index (χ4n) is 1.41. The van der Waals surface area contributed by atoms with Gasteiger partial charge in [0.15, 0.2) is 0 Å². The molecule has 1 N–H and O–H groups in total. The average Bonchev–Trinajstić information content (AvgIpc) is 2.61. The zero-order valence-corrected chi connectivity index (χ0v) is 9.62. The first-order valence-electron chi connectivity index (χ1n) is 5.26. The molecular weight excluding hydrogens is 188 g/mol. The molecule has 0 amide bonds. The van der Waals surface area contributed by atoms with Crippen LogP contribution < -0.4 is 5.32 Å². The molecule has 1 aromatic heterocycles. The van der Waals surface area contributed by atoms with Crippen LogP contribution in [0, 0.1) is 18.3 Å². The lowest BCUT2D eigenvalue weighted by Gasteiger charge is -2.22. The van der Waals surface area contributed by atoms with E-state index in [1.807, 2.05) is 26.1 Å². The average molecular weight is 206 g/mol. The minimum Gasteiger partial charge on any atom is -0.298 e. The third kappa shape index (κ3) is 3.37. The number of hydrogen-bond donors (Lipinski definition) is 1. The van der Waals surface area contributed by atoms with E-state index in [4.69, 9.17) is 5.26 Å². The normalized spacial score (nSPS) is 14.5. The van der Waals surface area contributed by atoms with Crippen LogP contribution in [0.15, 0.2) is 12.3 Å². The first-order valence-corrected chi connectivity index (χ1v) is 5.26. The standard InChI is InChI=1S/C11H18N4/c1-4-6-13-11(3,8-12)9-15-7-5-10(2)14-15/h5,7,13H,4,6,9H2,1-3H3. The quantitative estimate of drug-likeness (QED) is 0.793. The number of rotatable bonds is 5. The highest BCUT2D eigenvalue weighted by Gasteiger charge is 2.23. The Hall–Kier alpha value is -1.34. The summed E-state index contributed by atoms with van der Waals surface area (Å²) in [4.78, 5) is 0. The van der Waals surface area contributed by atoms with Gasteiger partial charge in [0.1, 0.15) is 5.54 Å². The molecule has 0 fully saturated rings. The largest absolute Gasteiger partial charge is 0.298 e. The van der Waals surface area contributed by atoms with Crippen molar-refractivity contribution in [1.82, 2.24) is 15.1 Å². The van der Waals surface area contributed by atoms with E-state index in [1.165, 1.54) is 0 Å². The highest BCUT2D eigenvalue weighted by atomic mass is 15.3. The molecule has 82 valence electrons. The molecule has 0 radical (unpaired) electrons. The Kier molecular flexibility index (Phi) is 3.87. The highest BCUT2D eigenvalue weighted by Crippen LogP contribution is 2.06. The second-order valence-electron chi connectivity index (χ2n) is 4.03. The van der Waals surface area contributed by atoms with Crippen LogP contribution in [0.3, 0.4) is 0 Å². The van der Waals surface area contributed by atoms with Crippen LogP contribution in [0.2, 0.25) is 0 Å². The Morgan fingerprint density at radius 3 is 2.87 bits per heavy atom. The summed E-state index contributed by atoms with van der Waals surface area (Å²) in [5.41, 5.74) is 0.444. The van der Waals surface area contributed by atoms with Crippen LogP contribution in [0.4, 0.5) is 0 Å². The van der Waals surface area contributed by atoms with Crippen molar-refractivity contribution in [3.8, 4) is 6.07 Å². The molecule has 0 spiro atoms. The first-order chi connectivity index (χ1) is 7.09. The van der Waals surface area contributed by atoms with Crippen LogP contribution in [-0.2, 0) is 6.54 Å². The summed E-state index contributed by atoms with van der Waals surface area (Å²) in [6.45, 7) is 7.36. The van der Waals surface area contributed by atoms with E-state index in [1.54, 1.807) is 4.68 Å². The van der Waals surface area contributed by atoms with Crippen molar-refractivity contribution in [2.24, 2.45) is 0 Å². The van der Waals surface area contributed by atoms with Gasteiger partial charge in [-0.25, -0.2) is 0 Å². The molecule has 1 unspecified atom stereocenters. The van der Waals surface area contributed by atoms with Crippen LogP contribution in [-0.4, -0.2) is 21.9 Å². The number of nitriles is 1. The minimum atomic E-state index is -0.533. The summed E-state index contributed by atoms with van der Waals surface area (Å²) in [7, 11) is 0. The molecule has 4 heteroatoms. The fraction of sp³-hybridized carbons (Fsp3) is 0.636. The molecule has 0 saturated heterocycles. The lowest BCUT2D eigenvalue weighted by Crippen LogP contribution is -2.45. The Morgan fingerprint density at radius 1 is 1.67 bits per heavy atom. The van der Waals surface area contributed by atoms with Crippen molar-refractivity contribution in [2.45, 2.75) is 39.3 Å². The maximum Gasteiger partial charge on any atom is 0.123 e. The molecule has 1 atom stereocenters. The lowest BCUT2D eigenvalue weighted by atomic mass is 10.1. The predicted molar refractivity (Wildman–Crippen MR) is 59.3 cm³/mol. The van der Waals surface area contributed by atoms with Gasteiger partial charge in [0, 0.05) is 6.20 Å². The van der Waals surface area contributed by atoms with E-state index in [0.717, 1.165) is 18.7 Å². The molecule has 4 nitrogen and oxygen atoms in total. The number of aryl methyl sites for hydroxylation is 1. The Morgan fingerprint density at radius 2 is 2.40 bits per heavy atom. The van der Waals surface area contributed by atoms with Crippen molar-refractivity contribution in [1.29, 1.82) is 5.26 Å². The van der Waals surface area contributed by atoms with E-state index in [2.05, 4.69) is 23.4 Å². The summed E-state index contributed by atoms with van der Waals surface area (Å²) in [6, 6.07) is 4.24. The molecule has 0 aliphatic carbocycles. The van der Waals surface area contributed by atoms with Crippen molar-refractivity contribution in [2.75, 3.05) is 6.54 Å². The molecule has 1 rings (SSSR count).